The van der Waals surface area contributed by atoms with Gasteiger partial charge in [0.15, 0.2) is 0 Å². The zero-order valence-electron chi connectivity index (χ0n) is 12.3. The fraction of sp³-hybridized carbons (Fsp3) is 0.733. The Labute approximate surface area is 120 Å². The Morgan fingerprint density at radius 2 is 2.10 bits per heavy atom. The first kappa shape index (κ1) is 12.5. The molecule has 3 aliphatic rings. The Kier molecular flexibility index (Phi) is 3.11. The summed E-state index contributed by atoms with van der Waals surface area (Å²) >= 11 is 0. The van der Waals surface area contributed by atoms with Gasteiger partial charge in [-0.3, -0.25) is 4.90 Å². The minimum absolute atomic E-state index is 0.746. The lowest BCUT2D eigenvalue weighted by atomic mass is 10.1. The van der Waals surface area contributed by atoms with Crippen molar-refractivity contribution in [3.8, 4) is 0 Å². The molecule has 2 fully saturated rings. The lowest BCUT2D eigenvalue weighted by molar-refractivity contribution is 0.229. The minimum atomic E-state index is 0.746. The van der Waals surface area contributed by atoms with Crippen LogP contribution in [0.25, 0.3) is 0 Å². The number of fused-ring (bicyclic) bond motifs is 2. The molecule has 5 nitrogen and oxygen atoms in total. The third-order valence-electron chi connectivity index (χ3n) is 5.06. The van der Waals surface area contributed by atoms with Crippen LogP contribution in [0.2, 0.25) is 0 Å². The van der Waals surface area contributed by atoms with E-state index < -0.39 is 0 Å². The Morgan fingerprint density at radius 1 is 1.15 bits per heavy atom. The number of aromatic nitrogens is 2. The Balaban J connectivity index is 1.62. The molecule has 0 N–H and O–H groups in total. The number of hydrogen-bond donors (Lipinski definition) is 0. The molecular formula is C15H23N5. The van der Waals surface area contributed by atoms with Crippen molar-refractivity contribution < 1.29 is 0 Å². The molecule has 0 radical (unpaired) electrons. The van der Waals surface area contributed by atoms with Crippen LogP contribution in [0.5, 0.6) is 0 Å². The molecule has 0 unspecified atom stereocenters. The third kappa shape index (κ3) is 2.09. The monoisotopic (exact) mass is 273 g/mol. The third-order valence-corrected chi connectivity index (χ3v) is 5.06. The van der Waals surface area contributed by atoms with Gasteiger partial charge in [0.2, 0.25) is 0 Å². The largest absolute Gasteiger partial charge is 0.353 e. The maximum Gasteiger partial charge on any atom is 0.136 e. The summed E-state index contributed by atoms with van der Waals surface area (Å²) in [6.07, 6.45) is 5.54. The first-order chi connectivity index (χ1) is 9.81. The lowest BCUT2D eigenvalue weighted by Crippen LogP contribution is -2.51. The van der Waals surface area contributed by atoms with Crippen molar-refractivity contribution in [2.24, 2.45) is 0 Å². The van der Waals surface area contributed by atoms with Crippen molar-refractivity contribution in [2.75, 3.05) is 44.7 Å². The van der Waals surface area contributed by atoms with Gasteiger partial charge in [0.25, 0.3) is 0 Å². The Bertz CT molecular complexity index is 503. The highest BCUT2D eigenvalue weighted by Gasteiger charge is 2.32. The summed E-state index contributed by atoms with van der Waals surface area (Å²) in [7, 11) is 2.19. The van der Waals surface area contributed by atoms with Crippen LogP contribution in [0.4, 0.5) is 5.82 Å². The Morgan fingerprint density at radius 3 is 3.05 bits per heavy atom. The van der Waals surface area contributed by atoms with Crippen LogP contribution < -0.4 is 4.90 Å². The van der Waals surface area contributed by atoms with Gasteiger partial charge in [0, 0.05) is 50.7 Å². The molecule has 1 aromatic heterocycles. The maximum atomic E-state index is 4.63. The molecular weight excluding hydrogens is 250 g/mol. The maximum absolute atomic E-state index is 4.63. The number of rotatable bonds is 1. The van der Waals surface area contributed by atoms with Gasteiger partial charge in [-0.15, -0.1) is 0 Å². The summed E-state index contributed by atoms with van der Waals surface area (Å²) in [5.74, 6) is 1.20. The van der Waals surface area contributed by atoms with Crippen molar-refractivity contribution in [1.82, 2.24) is 19.8 Å². The molecule has 108 valence electrons. The summed E-state index contributed by atoms with van der Waals surface area (Å²) in [5, 5.41) is 0. The van der Waals surface area contributed by atoms with Crippen molar-refractivity contribution >= 4 is 5.82 Å². The van der Waals surface area contributed by atoms with Crippen LogP contribution in [0.1, 0.15) is 24.1 Å². The summed E-state index contributed by atoms with van der Waals surface area (Å²) in [4.78, 5) is 16.7. The van der Waals surface area contributed by atoms with Gasteiger partial charge < -0.3 is 9.80 Å². The van der Waals surface area contributed by atoms with Gasteiger partial charge >= 0.3 is 0 Å². The molecule has 0 saturated carbocycles. The lowest BCUT2D eigenvalue weighted by Gasteiger charge is -2.39. The van der Waals surface area contributed by atoms with Gasteiger partial charge in [-0.2, -0.15) is 0 Å². The van der Waals surface area contributed by atoms with Crippen LogP contribution >= 0.6 is 0 Å². The second kappa shape index (κ2) is 4.97. The van der Waals surface area contributed by atoms with E-state index in [2.05, 4.69) is 31.7 Å². The molecule has 1 aromatic rings. The zero-order valence-corrected chi connectivity index (χ0v) is 12.3. The quantitative estimate of drug-likeness (QED) is 0.754. The second-order valence-electron chi connectivity index (χ2n) is 6.39. The normalized spacial score (nSPS) is 27.4. The SMILES string of the molecule is CN1CCc2ncnc(N3CCN4CCC[C@@H]4C3)c2C1. The van der Waals surface area contributed by atoms with E-state index in [1.54, 1.807) is 6.33 Å². The van der Waals surface area contributed by atoms with E-state index in [0.29, 0.717) is 0 Å². The van der Waals surface area contributed by atoms with E-state index in [1.165, 1.54) is 43.0 Å². The number of anilines is 1. The highest BCUT2D eigenvalue weighted by molar-refractivity contribution is 5.50. The smallest absolute Gasteiger partial charge is 0.136 e. The molecule has 20 heavy (non-hydrogen) atoms. The molecule has 0 amide bonds. The average molecular weight is 273 g/mol. The van der Waals surface area contributed by atoms with E-state index in [1.807, 2.05) is 0 Å². The predicted molar refractivity (Wildman–Crippen MR) is 78.9 cm³/mol. The van der Waals surface area contributed by atoms with Crippen LogP contribution in [0.3, 0.4) is 0 Å². The van der Waals surface area contributed by atoms with Crippen LogP contribution in [-0.4, -0.2) is 65.6 Å². The van der Waals surface area contributed by atoms with Gasteiger partial charge in [0.1, 0.15) is 12.1 Å². The van der Waals surface area contributed by atoms with Gasteiger partial charge in [0.05, 0.1) is 5.69 Å². The van der Waals surface area contributed by atoms with Crippen molar-refractivity contribution in [2.45, 2.75) is 31.8 Å². The zero-order chi connectivity index (χ0) is 13.5. The minimum Gasteiger partial charge on any atom is -0.353 e. The summed E-state index contributed by atoms with van der Waals surface area (Å²) in [6.45, 7) is 6.86. The fourth-order valence-corrected chi connectivity index (χ4v) is 3.92. The number of hydrogen-bond acceptors (Lipinski definition) is 5. The molecule has 4 heterocycles. The average Bonchev–Trinajstić information content (AvgIpc) is 2.94. The molecule has 3 aliphatic heterocycles. The van der Waals surface area contributed by atoms with E-state index in [9.17, 15) is 0 Å². The van der Waals surface area contributed by atoms with Crippen LogP contribution in [-0.2, 0) is 13.0 Å². The summed E-state index contributed by atoms with van der Waals surface area (Å²) in [5.41, 5.74) is 2.63. The van der Waals surface area contributed by atoms with E-state index >= 15 is 0 Å². The summed E-state index contributed by atoms with van der Waals surface area (Å²) < 4.78 is 0. The fourth-order valence-electron chi connectivity index (χ4n) is 3.92. The van der Waals surface area contributed by atoms with Gasteiger partial charge in [-0.25, -0.2) is 9.97 Å². The number of likely N-dealkylation sites (N-methyl/N-ethyl adjacent to an activating group) is 1. The van der Waals surface area contributed by atoms with E-state index in [0.717, 1.165) is 38.6 Å². The van der Waals surface area contributed by atoms with Crippen molar-refractivity contribution in [3.63, 3.8) is 0 Å². The van der Waals surface area contributed by atoms with Gasteiger partial charge in [-0.05, 0) is 26.4 Å². The van der Waals surface area contributed by atoms with E-state index in [4.69, 9.17) is 0 Å². The Hall–Kier alpha value is -1.20. The number of nitrogens with zero attached hydrogens (tertiary/aromatic N) is 5. The molecule has 0 bridgehead atoms. The highest BCUT2D eigenvalue weighted by Crippen LogP contribution is 2.29. The van der Waals surface area contributed by atoms with Crippen LogP contribution in [0.15, 0.2) is 6.33 Å². The molecule has 5 heteroatoms. The molecule has 0 aliphatic carbocycles. The predicted octanol–water partition coefficient (Wildman–Crippen LogP) is 0.749. The van der Waals surface area contributed by atoms with Crippen LogP contribution in [0, 0.1) is 0 Å². The molecule has 0 spiro atoms. The highest BCUT2D eigenvalue weighted by atomic mass is 15.3. The topological polar surface area (TPSA) is 35.5 Å². The molecule has 0 aromatic carbocycles. The number of piperazine rings is 1. The second-order valence-corrected chi connectivity index (χ2v) is 6.39. The summed E-state index contributed by atoms with van der Waals surface area (Å²) in [6, 6.07) is 0.746. The van der Waals surface area contributed by atoms with Gasteiger partial charge in [-0.1, -0.05) is 0 Å². The molecule has 4 rings (SSSR count). The molecule has 2 saturated heterocycles. The van der Waals surface area contributed by atoms with Crippen molar-refractivity contribution in [3.05, 3.63) is 17.6 Å². The first-order valence-electron chi connectivity index (χ1n) is 7.81. The standard InChI is InChI=1S/C15H23N5/c1-18-6-4-14-13(10-18)15(17-11-16-14)20-8-7-19-5-2-3-12(19)9-20/h11-12H,2-10H2,1H3/t12-/m1/s1. The first-order valence-corrected chi connectivity index (χ1v) is 7.81. The molecule has 1 atom stereocenters. The van der Waals surface area contributed by atoms with E-state index in [-0.39, 0.29) is 0 Å². The van der Waals surface area contributed by atoms with Crippen molar-refractivity contribution in [1.29, 1.82) is 0 Å².